The van der Waals surface area contributed by atoms with E-state index in [1.165, 1.54) is 4.31 Å². The molecule has 0 saturated heterocycles. The molecule has 5 nitrogen and oxygen atoms in total. The highest BCUT2D eigenvalue weighted by molar-refractivity contribution is 7.92. The summed E-state index contributed by atoms with van der Waals surface area (Å²) in [5.41, 5.74) is 2.36. The summed E-state index contributed by atoms with van der Waals surface area (Å²) in [6.07, 6.45) is 0. The molecule has 4 rings (SSSR count). The van der Waals surface area contributed by atoms with Crippen molar-refractivity contribution in [3.8, 4) is 0 Å². The van der Waals surface area contributed by atoms with Crippen molar-refractivity contribution >= 4 is 33.2 Å². The predicted octanol–water partition coefficient (Wildman–Crippen LogP) is 6.01. The first kappa shape index (κ1) is 24.5. The van der Waals surface area contributed by atoms with Crippen LogP contribution in [0.1, 0.15) is 21.5 Å². The van der Waals surface area contributed by atoms with Crippen LogP contribution in [-0.2, 0) is 23.1 Å². The molecule has 0 heterocycles. The van der Waals surface area contributed by atoms with Gasteiger partial charge in [0.1, 0.15) is 0 Å². The van der Waals surface area contributed by atoms with Crippen molar-refractivity contribution in [2.45, 2.75) is 18.0 Å². The number of rotatable bonds is 8. The van der Waals surface area contributed by atoms with Crippen molar-refractivity contribution in [1.29, 1.82) is 0 Å². The average Bonchev–Trinajstić information content (AvgIpc) is 2.89. The van der Waals surface area contributed by atoms with Crippen molar-refractivity contribution in [1.82, 2.24) is 4.90 Å². The molecule has 0 unspecified atom stereocenters. The van der Waals surface area contributed by atoms with E-state index in [1.54, 1.807) is 78.7 Å². The van der Waals surface area contributed by atoms with Gasteiger partial charge < -0.3 is 4.90 Å². The second-order valence-corrected chi connectivity index (χ2v) is 10.4. The maximum Gasteiger partial charge on any atom is 0.264 e. The Kier molecular flexibility index (Phi) is 7.54. The van der Waals surface area contributed by atoms with Gasteiger partial charge in [-0.3, -0.25) is 9.10 Å². The number of carbonyl (C=O) groups excluding carboxylic acids is 1. The Morgan fingerprint density at radius 1 is 0.714 bits per heavy atom. The lowest BCUT2D eigenvalue weighted by Crippen LogP contribution is -2.34. The van der Waals surface area contributed by atoms with Crippen LogP contribution in [-0.4, -0.2) is 26.3 Å². The number of halogens is 1. The largest absolute Gasteiger partial charge is 0.337 e. The van der Waals surface area contributed by atoms with Gasteiger partial charge in [0.2, 0.25) is 0 Å². The van der Waals surface area contributed by atoms with E-state index in [-0.39, 0.29) is 17.3 Å². The first-order chi connectivity index (χ1) is 16.9. The van der Waals surface area contributed by atoms with Crippen molar-refractivity contribution in [2.24, 2.45) is 0 Å². The minimum atomic E-state index is -3.95. The van der Waals surface area contributed by atoms with Crippen molar-refractivity contribution in [3.63, 3.8) is 0 Å². The summed E-state index contributed by atoms with van der Waals surface area (Å²) in [4.78, 5) is 15.3. The Morgan fingerprint density at radius 3 is 1.91 bits per heavy atom. The van der Waals surface area contributed by atoms with Gasteiger partial charge in [-0.05, 0) is 47.5 Å². The lowest BCUT2D eigenvalue weighted by atomic mass is 10.1. The molecule has 4 aromatic rings. The summed E-state index contributed by atoms with van der Waals surface area (Å²) in [6.45, 7) is 0.442. The van der Waals surface area contributed by atoms with E-state index in [9.17, 15) is 13.2 Å². The molecule has 1 amide bonds. The third kappa shape index (κ3) is 5.73. The highest BCUT2D eigenvalue weighted by atomic mass is 35.5. The van der Waals surface area contributed by atoms with Gasteiger partial charge in [-0.1, -0.05) is 84.4 Å². The molecular formula is C28H25ClN2O3S. The number of para-hydroxylation sites is 1. The zero-order valence-corrected chi connectivity index (χ0v) is 20.8. The van der Waals surface area contributed by atoms with Crippen LogP contribution in [0.25, 0.3) is 0 Å². The fourth-order valence-corrected chi connectivity index (χ4v) is 5.40. The Morgan fingerprint density at radius 2 is 1.26 bits per heavy atom. The summed E-state index contributed by atoms with van der Waals surface area (Å²) in [5.74, 6) is -0.281. The van der Waals surface area contributed by atoms with Gasteiger partial charge in [0.05, 0.1) is 22.7 Å². The maximum absolute atomic E-state index is 13.8. The Balaban J connectivity index is 1.74. The molecule has 35 heavy (non-hydrogen) atoms. The topological polar surface area (TPSA) is 57.7 Å². The third-order valence-corrected chi connectivity index (χ3v) is 7.61. The van der Waals surface area contributed by atoms with E-state index in [0.717, 1.165) is 11.1 Å². The first-order valence-corrected chi connectivity index (χ1v) is 12.9. The molecule has 4 aromatic carbocycles. The third-order valence-electron chi connectivity index (χ3n) is 5.58. The number of hydrogen-bond donors (Lipinski definition) is 0. The number of benzene rings is 4. The molecular weight excluding hydrogens is 480 g/mol. The molecule has 0 spiro atoms. The smallest absolute Gasteiger partial charge is 0.264 e. The molecule has 0 aliphatic carbocycles. The zero-order chi connectivity index (χ0) is 24.8. The number of sulfonamides is 1. The van der Waals surface area contributed by atoms with Crippen LogP contribution in [0.2, 0.25) is 5.02 Å². The van der Waals surface area contributed by atoms with Crippen molar-refractivity contribution < 1.29 is 13.2 Å². The van der Waals surface area contributed by atoms with Gasteiger partial charge >= 0.3 is 0 Å². The van der Waals surface area contributed by atoms with E-state index in [1.807, 2.05) is 42.5 Å². The minimum Gasteiger partial charge on any atom is -0.337 e. The molecule has 0 fully saturated rings. The summed E-state index contributed by atoms with van der Waals surface area (Å²) in [6, 6.07) is 31.7. The number of carbonyl (C=O) groups is 1. The van der Waals surface area contributed by atoms with Gasteiger partial charge in [0.15, 0.2) is 0 Å². The second-order valence-electron chi connectivity index (χ2n) is 8.12. The quantitative estimate of drug-likeness (QED) is 0.295. The minimum absolute atomic E-state index is 0.0866. The maximum atomic E-state index is 13.8. The van der Waals surface area contributed by atoms with Crippen LogP contribution in [0.15, 0.2) is 114 Å². The predicted molar refractivity (Wildman–Crippen MR) is 140 cm³/mol. The van der Waals surface area contributed by atoms with Gasteiger partial charge in [0, 0.05) is 18.6 Å². The Bertz CT molecular complexity index is 1390. The van der Waals surface area contributed by atoms with Gasteiger partial charge in [-0.15, -0.1) is 0 Å². The molecule has 7 heteroatoms. The van der Waals surface area contributed by atoms with Gasteiger partial charge in [0.25, 0.3) is 15.9 Å². The highest BCUT2D eigenvalue weighted by Crippen LogP contribution is 2.30. The number of anilines is 1. The average molecular weight is 505 g/mol. The molecule has 0 aliphatic heterocycles. The standard InChI is InChI=1S/C28H25ClN2O3S/c1-30(20-23-16-18-24(29)19-17-23)28(32)26-14-8-9-15-27(26)31(21-22-10-4-2-5-11-22)35(33,34)25-12-6-3-7-13-25/h2-19H,20-21H2,1H3. The Labute approximate surface area is 211 Å². The van der Waals surface area contributed by atoms with Crippen molar-refractivity contribution in [2.75, 3.05) is 11.4 Å². The highest BCUT2D eigenvalue weighted by Gasteiger charge is 2.29. The van der Waals surface area contributed by atoms with E-state index < -0.39 is 10.0 Å². The summed E-state index contributed by atoms with van der Waals surface area (Å²) < 4.78 is 28.9. The SMILES string of the molecule is CN(Cc1ccc(Cl)cc1)C(=O)c1ccccc1N(Cc1ccccc1)S(=O)(=O)c1ccccc1. The van der Waals surface area contributed by atoms with E-state index in [2.05, 4.69) is 0 Å². The molecule has 0 aliphatic rings. The summed E-state index contributed by atoms with van der Waals surface area (Å²) in [5, 5.41) is 0.621. The number of hydrogen-bond acceptors (Lipinski definition) is 3. The van der Waals surface area contributed by atoms with E-state index in [0.29, 0.717) is 22.8 Å². The molecule has 0 bridgehead atoms. The van der Waals surface area contributed by atoms with Crippen molar-refractivity contribution in [3.05, 3.63) is 131 Å². The fourth-order valence-electron chi connectivity index (χ4n) is 3.78. The van der Waals surface area contributed by atoms with E-state index >= 15 is 0 Å². The summed E-state index contributed by atoms with van der Waals surface area (Å²) >= 11 is 5.98. The molecule has 0 saturated carbocycles. The number of amides is 1. The van der Waals surface area contributed by atoms with Crippen LogP contribution < -0.4 is 4.31 Å². The zero-order valence-electron chi connectivity index (χ0n) is 19.2. The summed E-state index contributed by atoms with van der Waals surface area (Å²) in [7, 11) is -2.25. The normalized spacial score (nSPS) is 11.1. The number of nitrogens with zero attached hydrogens (tertiary/aromatic N) is 2. The van der Waals surface area contributed by atoms with Crippen LogP contribution in [0.4, 0.5) is 5.69 Å². The Hall–Kier alpha value is -3.61. The van der Waals surface area contributed by atoms with E-state index in [4.69, 9.17) is 11.6 Å². The molecule has 178 valence electrons. The molecule has 0 aromatic heterocycles. The van der Waals surface area contributed by atoms with Gasteiger partial charge in [-0.25, -0.2) is 8.42 Å². The van der Waals surface area contributed by atoms with Crippen LogP contribution in [0.5, 0.6) is 0 Å². The van der Waals surface area contributed by atoms with Gasteiger partial charge in [-0.2, -0.15) is 0 Å². The van der Waals surface area contributed by atoms with Crippen LogP contribution in [0, 0.1) is 0 Å². The molecule has 0 radical (unpaired) electrons. The lowest BCUT2D eigenvalue weighted by Gasteiger charge is -2.28. The lowest BCUT2D eigenvalue weighted by molar-refractivity contribution is 0.0786. The fraction of sp³-hybridized carbons (Fsp3) is 0.107. The monoisotopic (exact) mass is 504 g/mol. The molecule has 0 N–H and O–H groups in total. The second kappa shape index (κ2) is 10.8. The van der Waals surface area contributed by atoms with Crippen LogP contribution in [0.3, 0.4) is 0 Å². The first-order valence-electron chi connectivity index (χ1n) is 11.1. The van der Waals surface area contributed by atoms with Crippen LogP contribution >= 0.6 is 11.6 Å². The molecule has 0 atom stereocenters.